The molecule has 3 aromatic rings. The second-order valence-electron chi connectivity index (χ2n) is 5.12. The number of allylic oxidation sites excluding steroid dienone is 1. The molecule has 0 saturated carbocycles. The molecule has 0 spiro atoms. The van der Waals surface area contributed by atoms with Crippen molar-refractivity contribution >= 4 is 22.6 Å². The van der Waals surface area contributed by atoms with Crippen LogP contribution in [0, 0.1) is 11.3 Å². The number of carbonyl (C=O) groups excluding carboxylic acids is 1. The normalized spacial score (nSPS) is 12.1. The lowest BCUT2D eigenvalue weighted by atomic mass is 9.99. The van der Waals surface area contributed by atoms with Crippen LogP contribution in [-0.2, 0) is 4.79 Å². The molecule has 0 aliphatic heterocycles. The van der Waals surface area contributed by atoms with Crippen LogP contribution in [0.25, 0.3) is 16.8 Å². The van der Waals surface area contributed by atoms with E-state index in [0.29, 0.717) is 5.69 Å². The van der Waals surface area contributed by atoms with Gasteiger partial charge in [0.2, 0.25) is 0 Å². The van der Waals surface area contributed by atoms with E-state index in [9.17, 15) is 10.1 Å². The highest BCUT2D eigenvalue weighted by molar-refractivity contribution is 6.02. The van der Waals surface area contributed by atoms with Crippen molar-refractivity contribution in [2.75, 3.05) is 0 Å². The van der Waals surface area contributed by atoms with Gasteiger partial charge in [0.25, 0.3) is 0 Å². The Balaban J connectivity index is 1.89. The van der Waals surface area contributed by atoms with Gasteiger partial charge >= 0.3 is 0 Å². The number of nitrogens with zero attached hydrogens (tertiary/aromatic N) is 2. The zero-order valence-corrected chi connectivity index (χ0v) is 12.4. The molecular formula is C20H14N2O. The Bertz CT molecular complexity index is 902. The number of aromatic nitrogens is 1. The van der Waals surface area contributed by atoms with Crippen LogP contribution in [0.5, 0.6) is 0 Å². The summed E-state index contributed by atoms with van der Waals surface area (Å²) in [5.41, 5.74) is 1.43. The van der Waals surface area contributed by atoms with Crippen LogP contribution in [0.15, 0.2) is 72.9 Å². The van der Waals surface area contributed by atoms with E-state index in [-0.39, 0.29) is 5.78 Å². The number of pyridine rings is 1. The molecule has 1 atom stereocenters. The first-order valence-corrected chi connectivity index (χ1v) is 7.30. The van der Waals surface area contributed by atoms with Gasteiger partial charge in [-0.1, -0.05) is 54.6 Å². The van der Waals surface area contributed by atoms with Gasteiger partial charge < -0.3 is 0 Å². The number of hydrogen-bond donors (Lipinski definition) is 0. The van der Waals surface area contributed by atoms with Gasteiger partial charge in [-0.05, 0) is 34.5 Å². The number of carbonyl (C=O) groups is 1. The Morgan fingerprint density at radius 3 is 2.61 bits per heavy atom. The fraction of sp³-hybridized carbons (Fsp3) is 0.0500. The number of ketones is 1. The maximum Gasteiger partial charge on any atom is 0.178 e. The summed E-state index contributed by atoms with van der Waals surface area (Å²) in [6, 6.07) is 21.2. The monoisotopic (exact) mass is 298 g/mol. The minimum atomic E-state index is -0.873. The lowest BCUT2D eigenvalue weighted by Gasteiger charge is -2.04. The van der Waals surface area contributed by atoms with E-state index in [0.717, 1.165) is 16.3 Å². The number of benzene rings is 2. The zero-order valence-electron chi connectivity index (χ0n) is 12.4. The highest BCUT2D eigenvalue weighted by atomic mass is 16.1. The van der Waals surface area contributed by atoms with Gasteiger partial charge in [-0.3, -0.25) is 9.78 Å². The molecular weight excluding hydrogens is 284 g/mol. The molecule has 3 rings (SSSR count). The summed E-state index contributed by atoms with van der Waals surface area (Å²) in [7, 11) is 0. The molecule has 0 saturated heterocycles. The van der Waals surface area contributed by atoms with Crippen molar-refractivity contribution in [3.05, 3.63) is 84.2 Å². The smallest absolute Gasteiger partial charge is 0.178 e. The quantitative estimate of drug-likeness (QED) is 0.681. The average Bonchev–Trinajstić information content (AvgIpc) is 2.61. The predicted molar refractivity (Wildman–Crippen MR) is 90.6 cm³/mol. The molecule has 0 amide bonds. The van der Waals surface area contributed by atoms with Gasteiger partial charge in [0.1, 0.15) is 0 Å². The topological polar surface area (TPSA) is 53.8 Å². The molecule has 0 aliphatic rings. The third-order valence-electron chi connectivity index (χ3n) is 3.65. The third-order valence-corrected chi connectivity index (χ3v) is 3.65. The molecule has 0 unspecified atom stereocenters. The van der Waals surface area contributed by atoms with Crippen LogP contribution >= 0.6 is 0 Å². The van der Waals surface area contributed by atoms with Crippen LogP contribution in [0.1, 0.15) is 17.2 Å². The fourth-order valence-electron chi connectivity index (χ4n) is 2.49. The van der Waals surface area contributed by atoms with E-state index >= 15 is 0 Å². The second kappa shape index (κ2) is 6.67. The van der Waals surface area contributed by atoms with E-state index in [1.165, 1.54) is 6.08 Å². The van der Waals surface area contributed by atoms with Crippen molar-refractivity contribution < 1.29 is 4.79 Å². The maximum absolute atomic E-state index is 12.3. The molecule has 0 fully saturated rings. The maximum atomic E-state index is 12.3. The van der Waals surface area contributed by atoms with Gasteiger partial charge in [-0.2, -0.15) is 5.26 Å². The number of hydrogen-bond acceptors (Lipinski definition) is 3. The van der Waals surface area contributed by atoms with Crippen LogP contribution in [0.2, 0.25) is 0 Å². The molecule has 3 heteroatoms. The molecule has 3 nitrogen and oxygen atoms in total. The second-order valence-corrected chi connectivity index (χ2v) is 5.12. The van der Waals surface area contributed by atoms with Crippen molar-refractivity contribution in [2.24, 2.45) is 0 Å². The van der Waals surface area contributed by atoms with E-state index in [1.54, 1.807) is 30.5 Å². The van der Waals surface area contributed by atoms with E-state index in [2.05, 4.69) is 4.98 Å². The van der Waals surface area contributed by atoms with Crippen molar-refractivity contribution in [2.45, 2.75) is 5.92 Å². The molecule has 110 valence electrons. The van der Waals surface area contributed by atoms with Crippen LogP contribution in [0.4, 0.5) is 0 Å². The van der Waals surface area contributed by atoms with Crippen LogP contribution in [-0.4, -0.2) is 10.8 Å². The Labute approximate surface area is 134 Å². The van der Waals surface area contributed by atoms with Crippen molar-refractivity contribution in [3.8, 4) is 6.07 Å². The Kier molecular flexibility index (Phi) is 4.26. The summed E-state index contributed by atoms with van der Waals surface area (Å²) in [4.78, 5) is 16.4. The van der Waals surface area contributed by atoms with Crippen LogP contribution in [0.3, 0.4) is 0 Å². The minimum absolute atomic E-state index is 0.265. The summed E-state index contributed by atoms with van der Waals surface area (Å²) in [6.07, 6.45) is 4.81. The summed E-state index contributed by atoms with van der Waals surface area (Å²) >= 11 is 0. The lowest BCUT2D eigenvalue weighted by molar-refractivity contribution is -0.114. The van der Waals surface area contributed by atoms with Crippen molar-refractivity contribution in [3.63, 3.8) is 0 Å². The molecule has 2 aromatic carbocycles. The molecule has 0 aliphatic carbocycles. The lowest BCUT2D eigenvalue weighted by Crippen LogP contribution is -2.09. The molecule has 1 heterocycles. The SMILES string of the molecule is N#C[C@@H](C(=O)/C=C\c1cccc2ccccc12)c1ccccn1. The first kappa shape index (κ1) is 14.7. The van der Waals surface area contributed by atoms with E-state index in [1.807, 2.05) is 48.5 Å². The average molecular weight is 298 g/mol. The first-order valence-electron chi connectivity index (χ1n) is 7.30. The Morgan fingerprint density at radius 1 is 1.04 bits per heavy atom. The summed E-state index contributed by atoms with van der Waals surface area (Å²) < 4.78 is 0. The van der Waals surface area contributed by atoms with Crippen molar-refractivity contribution in [1.29, 1.82) is 5.26 Å². The van der Waals surface area contributed by atoms with Gasteiger partial charge in [-0.15, -0.1) is 0 Å². The largest absolute Gasteiger partial charge is 0.293 e. The molecule has 1 aromatic heterocycles. The standard InChI is InChI=1S/C20H14N2O/c21-14-18(19-10-3-4-13-22-19)20(23)12-11-16-8-5-7-15-6-1-2-9-17(15)16/h1-13,18H/b12-11-/t18-/m1/s1. The third kappa shape index (κ3) is 3.17. The number of nitriles is 1. The Morgan fingerprint density at radius 2 is 1.83 bits per heavy atom. The first-order chi connectivity index (χ1) is 11.3. The summed E-state index contributed by atoms with van der Waals surface area (Å²) in [5, 5.41) is 11.5. The Hall–Kier alpha value is -3.25. The predicted octanol–water partition coefficient (Wildman–Crippen LogP) is 4.12. The van der Waals surface area contributed by atoms with Gasteiger partial charge in [0.05, 0.1) is 11.8 Å². The van der Waals surface area contributed by atoms with Crippen molar-refractivity contribution in [1.82, 2.24) is 4.98 Å². The highest BCUT2D eigenvalue weighted by Gasteiger charge is 2.18. The minimum Gasteiger partial charge on any atom is -0.293 e. The van der Waals surface area contributed by atoms with E-state index < -0.39 is 5.92 Å². The van der Waals surface area contributed by atoms with Crippen LogP contribution < -0.4 is 0 Å². The summed E-state index contributed by atoms with van der Waals surface area (Å²) in [6.45, 7) is 0. The summed E-state index contributed by atoms with van der Waals surface area (Å²) in [5.74, 6) is -1.14. The molecule has 0 bridgehead atoms. The van der Waals surface area contributed by atoms with Gasteiger partial charge in [0.15, 0.2) is 11.7 Å². The number of fused-ring (bicyclic) bond motifs is 1. The highest BCUT2D eigenvalue weighted by Crippen LogP contribution is 2.20. The molecule has 0 radical (unpaired) electrons. The number of rotatable bonds is 4. The van der Waals surface area contributed by atoms with E-state index in [4.69, 9.17) is 0 Å². The molecule has 23 heavy (non-hydrogen) atoms. The van der Waals surface area contributed by atoms with Gasteiger partial charge in [-0.25, -0.2) is 0 Å². The zero-order chi connectivity index (χ0) is 16.1. The fourth-order valence-corrected chi connectivity index (χ4v) is 2.49. The van der Waals surface area contributed by atoms with Gasteiger partial charge in [0, 0.05) is 6.20 Å². The molecule has 0 N–H and O–H groups in total.